The summed E-state index contributed by atoms with van der Waals surface area (Å²) in [5.74, 6) is 0.00925. The van der Waals surface area contributed by atoms with Gasteiger partial charge >= 0.3 is 0 Å². The number of amides is 2. The molecule has 24 heavy (non-hydrogen) atoms. The van der Waals surface area contributed by atoms with Gasteiger partial charge in [-0.1, -0.05) is 0 Å². The van der Waals surface area contributed by atoms with Crippen LogP contribution in [0.15, 0.2) is 0 Å². The van der Waals surface area contributed by atoms with E-state index in [2.05, 4.69) is 0 Å². The molecule has 2 heterocycles. The molecule has 0 unspecified atom stereocenters. The largest absolute Gasteiger partial charge is 0.383 e. The number of piperidine rings is 2. The Morgan fingerprint density at radius 3 is 2.50 bits per heavy atom. The van der Waals surface area contributed by atoms with E-state index in [4.69, 9.17) is 4.74 Å². The van der Waals surface area contributed by atoms with Crippen LogP contribution in [0, 0.1) is 5.41 Å². The number of methoxy groups -OCH3 is 1. The average Bonchev–Trinajstić information content (AvgIpc) is 2.54. The molecule has 7 nitrogen and oxygen atoms in total. The molecule has 0 aromatic rings. The van der Waals surface area contributed by atoms with Crippen molar-refractivity contribution in [2.75, 3.05) is 51.9 Å². The van der Waals surface area contributed by atoms with Gasteiger partial charge in [-0.25, -0.2) is 8.42 Å². The van der Waals surface area contributed by atoms with Gasteiger partial charge in [0.15, 0.2) is 0 Å². The minimum atomic E-state index is -3.11. The Labute approximate surface area is 144 Å². The van der Waals surface area contributed by atoms with Crippen molar-refractivity contribution in [3.63, 3.8) is 0 Å². The van der Waals surface area contributed by atoms with Crippen molar-refractivity contribution < 1.29 is 22.7 Å². The molecule has 8 heteroatoms. The lowest BCUT2D eigenvalue weighted by atomic mass is 9.72. The zero-order chi connectivity index (χ0) is 17.8. The van der Waals surface area contributed by atoms with Crippen LogP contribution in [0.25, 0.3) is 0 Å². The van der Waals surface area contributed by atoms with Gasteiger partial charge < -0.3 is 14.5 Å². The van der Waals surface area contributed by atoms with Crippen LogP contribution >= 0.6 is 0 Å². The molecule has 2 fully saturated rings. The van der Waals surface area contributed by atoms with E-state index in [1.165, 1.54) is 0 Å². The highest BCUT2D eigenvalue weighted by molar-refractivity contribution is 7.90. The van der Waals surface area contributed by atoms with Crippen LogP contribution < -0.4 is 0 Å². The normalized spacial score (nSPS) is 21.3. The maximum Gasteiger partial charge on any atom is 0.223 e. The van der Waals surface area contributed by atoms with Crippen LogP contribution in [-0.2, 0) is 24.2 Å². The summed E-state index contributed by atoms with van der Waals surface area (Å²) in [6.45, 7) is 3.19. The Balaban J connectivity index is 1.86. The summed E-state index contributed by atoms with van der Waals surface area (Å²) in [6, 6.07) is 0. The first-order valence-electron chi connectivity index (χ1n) is 8.47. The smallest absolute Gasteiger partial charge is 0.223 e. The number of ether oxygens (including phenoxy) is 1. The topological polar surface area (TPSA) is 84.0 Å². The molecule has 2 rings (SSSR count). The number of hydrogen-bond acceptors (Lipinski definition) is 5. The van der Waals surface area contributed by atoms with Crippen molar-refractivity contribution in [3.05, 3.63) is 0 Å². The molecule has 2 saturated heterocycles. The quantitative estimate of drug-likeness (QED) is 0.680. The summed E-state index contributed by atoms with van der Waals surface area (Å²) in [5, 5.41) is 0. The van der Waals surface area contributed by atoms with E-state index in [1.807, 2.05) is 4.90 Å². The van der Waals surface area contributed by atoms with E-state index in [0.29, 0.717) is 32.7 Å². The van der Waals surface area contributed by atoms with Gasteiger partial charge in [-0.2, -0.15) is 0 Å². The number of carbonyl (C=O) groups is 2. The Hall–Kier alpha value is -1.15. The van der Waals surface area contributed by atoms with Gasteiger partial charge in [0.05, 0.1) is 12.4 Å². The first kappa shape index (κ1) is 19.2. The van der Waals surface area contributed by atoms with E-state index in [9.17, 15) is 18.0 Å². The fraction of sp³-hybridized carbons (Fsp3) is 0.875. The average molecular weight is 360 g/mol. The van der Waals surface area contributed by atoms with Crippen LogP contribution in [-0.4, -0.2) is 81.9 Å². The predicted octanol–water partition coefficient (Wildman–Crippen LogP) is 0.299. The Kier molecular flexibility index (Phi) is 6.25. The van der Waals surface area contributed by atoms with E-state index < -0.39 is 9.84 Å². The van der Waals surface area contributed by atoms with Gasteiger partial charge in [0.1, 0.15) is 9.84 Å². The molecule has 2 aliphatic rings. The van der Waals surface area contributed by atoms with E-state index in [0.717, 1.165) is 32.1 Å². The first-order valence-corrected chi connectivity index (χ1v) is 10.5. The molecular weight excluding hydrogens is 332 g/mol. The highest BCUT2D eigenvalue weighted by Gasteiger charge is 2.41. The number of nitrogens with zero attached hydrogens (tertiary/aromatic N) is 2. The third kappa shape index (κ3) is 5.17. The summed E-state index contributed by atoms with van der Waals surface area (Å²) < 4.78 is 27.5. The van der Waals surface area contributed by atoms with Crippen molar-refractivity contribution in [1.29, 1.82) is 0 Å². The van der Waals surface area contributed by atoms with Gasteiger partial charge in [0.2, 0.25) is 11.8 Å². The first-order chi connectivity index (χ1) is 11.2. The maximum atomic E-state index is 12.2. The third-order valence-corrected chi connectivity index (χ3v) is 6.12. The molecular formula is C16H28N2O5S. The number of sulfone groups is 1. The molecule has 2 amide bonds. The standard InChI is InChI=1S/C16H28N2O5S/c1-23-11-10-18-13-16(5-3-14(18)19)6-8-17(9-7-16)15(20)4-12-24(2,21)22/h3-13H2,1-2H3. The Morgan fingerprint density at radius 1 is 1.25 bits per heavy atom. The molecule has 2 aliphatic heterocycles. The van der Waals surface area contributed by atoms with E-state index in [1.54, 1.807) is 12.0 Å². The highest BCUT2D eigenvalue weighted by atomic mass is 32.2. The second kappa shape index (κ2) is 7.82. The van der Waals surface area contributed by atoms with Crippen molar-refractivity contribution in [2.24, 2.45) is 5.41 Å². The number of carbonyl (C=O) groups excluding carboxylic acids is 2. The number of rotatable bonds is 6. The molecule has 138 valence electrons. The zero-order valence-corrected chi connectivity index (χ0v) is 15.4. The van der Waals surface area contributed by atoms with E-state index in [-0.39, 0.29) is 29.4 Å². The molecule has 0 aliphatic carbocycles. The molecule has 0 bridgehead atoms. The highest BCUT2D eigenvalue weighted by Crippen LogP contribution is 2.40. The lowest BCUT2D eigenvalue weighted by Gasteiger charge is -2.47. The molecule has 0 atom stereocenters. The van der Waals surface area contributed by atoms with Gasteiger partial charge in [-0.05, 0) is 24.7 Å². The molecule has 1 spiro atoms. The predicted molar refractivity (Wildman–Crippen MR) is 90.3 cm³/mol. The minimum absolute atomic E-state index is 0.0598. The van der Waals surface area contributed by atoms with Crippen LogP contribution in [0.2, 0.25) is 0 Å². The second-order valence-corrected chi connectivity index (χ2v) is 9.33. The van der Waals surface area contributed by atoms with Crippen LogP contribution in [0.1, 0.15) is 32.1 Å². The minimum Gasteiger partial charge on any atom is -0.383 e. The summed E-state index contributed by atoms with van der Waals surface area (Å²) >= 11 is 0. The zero-order valence-electron chi connectivity index (χ0n) is 14.6. The van der Waals surface area contributed by atoms with Gasteiger partial charge in [-0.3, -0.25) is 9.59 Å². The SMILES string of the molecule is COCCN1CC2(CCC1=O)CCN(C(=O)CCS(C)(=O)=O)CC2. The van der Waals surface area contributed by atoms with Gasteiger partial charge in [0.25, 0.3) is 0 Å². The van der Waals surface area contributed by atoms with Crippen molar-refractivity contribution in [1.82, 2.24) is 9.80 Å². The summed E-state index contributed by atoms with van der Waals surface area (Å²) in [4.78, 5) is 27.8. The summed E-state index contributed by atoms with van der Waals surface area (Å²) in [6.07, 6.45) is 4.39. The van der Waals surface area contributed by atoms with Gasteiger partial charge in [0, 0.05) is 52.4 Å². The van der Waals surface area contributed by atoms with Crippen molar-refractivity contribution >= 4 is 21.7 Å². The van der Waals surface area contributed by atoms with Crippen molar-refractivity contribution in [3.8, 4) is 0 Å². The third-order valence-electron chi connectivity index (χ3n) is 5.18. The maximum absolute atomic E-state index is 12.2. The van der Waals surface area contributed by atoms with Crippen LogP contribution in [0.3, 0.4) is 0 Å². The summed E-state index contributed by atoms with van der Waals surface area (Å²) in [7, 11) is -1.48. The lowest BCUT2D eigenvalue weighted by Crippen LogP contribution is -2.53. The number of hydrogen-bond donors (Lipinski definition) is 0. The van der Waals surface area contributed by atoms with Crippen LogP contribution in [0.4, 0.5) is 0 Å². The van der Waals surface area contributed by atoms with E-state index >= 15 is 0 Å². The van der Waals surface area contributed by atoms with Crippen molar-refractivity contribution in [2.45, 2.75) is 32.1 Å². The molecule has 0 N–H and O–H groups in total. The molecule has 0 saturated carbocycles. The molecule has 0 aromatic heterocycles. The summed E-state index contributed by atoms with van der Waals surface area (Å²) in [5.41, 5.74) is 0.0925. The van der Waals surface area contributed by atoms with Gasteiger partial charge in [-0.15, -0.1) is 0 Å². The monoisotopic (exact) mass is 360 g/mol. The lowest BCUT2D eigenvalue weighted by molar-refractivity contribution is -0.143. The second-order valence-electron chi connectivity index (χ2n) is 7.07. The number of likely N-dealkylation sites (tertiary alicyclic amines) is 2. The fourth-order valence-corrected chi connectivity index (χ4v) is 4.12. The molecule has 0 radical (unpaired) electrons. The molecule has 0 aromatic carbocycles. The van der Waals surface area contributed by atoms with Crippen LogP contribution in [0.5, 0.6) is 0 Å². The Bertz CT molecular complexity index is 567. The Morgan fingerprint density at radius 2 is 1.92 bits per heavy atom. The fourth-order valence-electron chi connectivity index (χ4n) is 3.58.